The Kier molecular flexibility index (Phi) is 3.78. The van der Waals surface area contributed by atoms with Crippen LogP contribution in [-0.4, -0.2) is 28.2 Å². The fourth-order valence-electron chi connectivity index (χ4n) is 1.06. The summed E-state index contributed by atoms with van der Waals surface area (Å²) >= 11 is 0. The molecule has 1 aromatic rings. The molecule has 16 heavy (non-hydrogen) atoms. The smallest absolute Gasteiger partial charge is 0.311 e. The quantitative estimate of drug-likeness (QED) is 0.584. The molecular weight excluding hydrogens is 210 g/mol. The highest BCUT2D eigenvalue weighted by Crippen LogP contribution is 2.22. The molecule has 0 amide bonds. The van der Waals surface area contributed by atoms with E-state index in [1.807, 2.05) is 13.8 Å². The van der Waals surface area contributed by atoms with Crippen molar-refractivity contribution in [3.8, 4) is 0 Å². The molecule has 1 aromatic heterocycles. The Bertz CT molecular complexity index is 379. The number of pyridine rings is 1. The first-order valence-electron chi connectivity index (χ1n) is 4.90. The van der Waals surface area contributed by atoms with Crippen LogP contribution in [0.15, 0.2) is 18.3 Å². The number of anilines is 1. The molecule has 0 saturated carbocycles. The van der Waals surface area contributed by atoms with Crippen LogP contribution in [0.1, 0.15) is 13.8 Å². The number of hydrogen-bond donors (Lipinski definition) is 2. The Morgan fingerprint density at radius 2 is 2.31 bits per heavy atom. The number of aliphatic hydroxyl groups excluding tert-OH is 1. The van der Waals surface area contributed by atoms with Crippen LogP contribution in [0.4, 0.5) is 11.5 Å². The van der Waals surface area contributed by atoms with Crippen LogP contribution >= 0.6 is 0 Å². The van der Waals surface area contributed by atoms with E-state index in [1.54, 1.807) is 0 Å². The molecule has 6 nitrogen and oxygen atoms in total. The van der Waals surface area contributed by atoms with E-state index in [2.05, 4.69) is 10.3 Å². The van der Waals surface area contributed by atoms with Crippen molar-refractivity contribution < 1.29 is 10.0 Å². The zero-order valence-electron chi connectivity index (χ0n) is 9.30. The minimum absolute atomic E-state index is 0.000626. The van der Waals surface area contributed by atoms with Gasteiger partial charge >= 0.3 is 5.69 Å². The van der Waals surface area contributed by atoms with Gasteiger partial charge in [0.05, 0.1) is 4.92 Å². The highest BCUT2D eigenvalue weighted by molar-refractivity contribution is 5.55. The summed E-state index contributed by atoms with van der Waals surface area (Å²) in [6.45, 7) is 4.13. The second-order valence-corrected chi connectivity index (χ2v) is 4.30. The Labute approximate surface area is 93.5 Å². The lowest BCUT2D eigenvalue weighted by atomic mass is 9.95. The van der Waals surface area contributed by atoms with Crippen LogP contribution < -0.4 is 5.32 Å². The van der Waals surface area contributed by atoms with Gasteiger partial charge in [0.2, 0.25) is 5.82 Å². The van der Waals surface area contributed by atoms with E-state index in [1.165, 1.54) is 18.3 Å². The average molecular weight is 225 g/mol. The van der Waals surface area contributed by atoms with Crippen molar-refractivity contribution in [1.82, 2.24) is 4.98 Å². The third-order valence-corrected chi connectivity index (χ3v) is 2.15. The van der Waals surface area contributed by atoms with E-state index in [9.17, 15) is 10.1 Å². The van der Waals surface area contributed by atoms with Gasteiger partial charge in [-0.3, -0.25) is 10.1 Å². The fourth-order valence-corrected chi connectivity index (χ4v) is 1.06. The molecule has 2 N–H and O–H groups in total. The second kappa shape index (κ2) is 4.89. The highest BCUT2D eigenvalue weighted by Gasteiger charge is 2.19. The Morgan fingerprint density at radius 3 is 2.88 bits per heavy atom. The first kappa shape index (κ1) is 12.4. The number of nitrogens with zero attached hydrogens (tertiary/aromatic N) is 2. The molecule has 0 fully saturated rings. The molecule has 6 heteroatoms. The number of nitro groups is 1. The van der Waals surface area contributed by atoms with Crippen LogP contribution in [0, 0.1) is 15.5 Å². The van der Waals surface area contributed by atoms with Gasteiger partial charge in [-0.2, -0.15) is 0 Å². The molecule has 0 aliphatic carbocycles. The Balaban J connectivity index is 2.78. The van der Waals surface area contributed by atoms with Gasteiger partial charge in [0.1, 0.15) is 0 Å². The maximum Gasteiger partial charge on any atom is 0.311 e. The largest absolute Gasteiger partial charge is 0.396 e. The molecule has 0 atom stereocenters. The third kappa shape index (κ3) is 3.16. The van der Waals surface area contributed by atoms with Crippen molar-refractivity contribution >= 4 is 11.5 Å². The number of aromatic nitrogens is 1. The summed E-state index contributed by atoms with van der Waals surface area (Å²) in [5, 5.41) is 22.6. The lowest BCUT2D eigenvalue weighted by molar-refractivity contribution is -0.384. The van der Waals surface area contributed by atoms with E-state index in [-0.39, 0.29) is 23.5 Å². The lowest BCUT2D eigenvalue weighted by Gasteiger charge is -2.21. The van der Waals surface area contributed by atoms with Crippen LogP contribution in [0.3, 0.4) is 0 Å². The molecule has 88 valence electrons. The summed E-state index contributed by atoms with van der Waals surface area (Å²) in [6.07, 6.45) is 1.49. The summed E-state index contributed by atoms with van der Waals surface area (Å²) in [7, 11) is 0. The maximum absolute atomic E-state index is 10.7. The molecule has 0 bridgehead atoms. The van der Waals surface area contributed by atoms with Gasteiger partial charge in [-0.25, -0.2) is 4.98 Å². The zero-order valence-corrected chi connectivity index (χ0v) is 9.30. The molecule has 0 aliphatic rings. The van der Waals surface area contributed by atoms with E-state index < -0.39 is 4.92 Å². The van der Waals surface area contributed by atoms with Crippen LogP contribution in [0.5, 0.6) is 0 Å². The van der Waals surface area contributed by atoms with Gasteiger partial charge in [-0.15, -0.1) is 0 Å². The topological polar surface area (TPSA) is 88.3 Å². The summed E-state index contributed by atoms with van der Waals surface area (Å²) < 4.78 is 0. The molecule has 1 rings (SSSR count). The van der Waals surface area contributed by atoms with Gasteiger partial charge < -0.3 is 10.4 Å². The van der Waals surface area contributed by atoms with Gasteiger partial charge in [0.25, 0.3) is 0 Å². The molecule has 1 heterocycles. The first-order valence-corrected chi connectivity index (χ1v) is 4.90. The second-order valence-electron chi connectivity index (χ2n) is 4.30. The van der Waals surface area contributed by atoms with Crippen LogP contribution in [0.25, 0.3) is 0 Å². The molecule has 0 saturated heterocycles. The Hall–Kier alpha value is -1.69. The number of aliphatic hydroxyl groups is 1. The van der Waals surface area contributed by atoms with Gasteiger partial charge in [0.15, 0.2) is 0 Å². The SMILES string of the molecule is CC(C)(CO)CNc1ncccc1[N+](=O)[O-]. The van der Waals surface area contributed by atoms with Crippen molar-refractivity contribution in [1.29, 1.82) is 0 Å². The summed E-state index contributed by atoms with van der Waals surface area (Å²) in [5.41, 5.74) is -0.401. The Morgan fingerprint density at radius 1 is 1.62 bits per heavy atom. The minimum Gasteiger partial charge on any atom is -0.396 e. The molecule has 0 aromatic carbocycles. The number of rotatable bonds is 5. The molecule has 0 aliphatic heterocycles. The van der Waals surface area contributed by atoms with Crippen LogP contribution in [0.2, 0.25) is 0 Å². The van der Waals surface area contributed by atoms with Crippen LogP contribution in [-0.2, 0) is 0 Å². The monoisotopic (exact) mass is 225 g/mol. The molecular formula is C10H15N3O3. The van der Waals surface area contributed by atoms with E-state index in [0.29, 0.717) is 6.54 Å². The highest BCUT2D eigenvalue weighted by atomic mass is 16.6. The molecule has 0 spiro atoms. The minimum atomic E-state index is -0.485. The van der Waals surface area contributed by atoms with E-state index in [4.69, 9.17) is 5.11 Å². The normalized spacial score (nSPS) is 11.2. The van der Waals surface area contributed by atoms with Crippen molar-refractivity contribution in [3.63, 3.8) is 0 Å². The van der Waals surface area contributed by atoms with E-state index >= 15 is 0 Å². The molecule has 0 radical (unpaired) electrons. The third-order valence-electron chi connectivity index (χ3n) is 2.15. The number of hydrogen-bond acceptors (Lipinski definition) is 5. The predicted octanol–water partition coefficient (Wildman–Crippen LogP) is 1.42. The van der Waals surface area contributed by atoms with Gasteiger partial charge in [-0.05, 0) is 6.07 Å². The summed E-state index contributed by atoms with van der Waals surface area (Å²) in [4.78, 5) is 14.1. The van der Waals surface area contributed by atoms with Gasteiger partial charge in [-0.1, -0.05) is 13.8 Å². The zero-order chi connectivity index (χ0) is 12.2. The lowest BCUT2D eigenvalue weighted by Crippen LogP contribution is -2.27. The fraction of sp³-hybridized carbons (Fsp3) is 0.500. The van der Waals surface area contributed by atoms with Crippen molar-refractivity contribution in [2.75, 3.05) is 18.5 Å². The summed E-state index contributed by atoms with van der Waals surface area (Å²) in [5.74, 6) is 0.231. The average Bonchev–Trinajstić information content (AvgIpc) is 2.27. The predicted molar refractivity (Wildman–Crippen MR) is 60.2 cm³/mol. The number of nitrogens with one attached hydrogen (secondary N) is 1. The van der Waals surface area contributed by atoms with Crippen molar-refractivity contribution in [2.45, 2.75) is 13.8 Å². The standard InChI is InChI=1S/C10H15N3O3/c1-10(2,7-14)6-12-9-8(13(15)16)4-3-5-11-9/h3-5,14H,6-7H2,1-2H3,(H,11,12). The molecule has 0 unspecified atom stereocenters. The van der Waals surface area contributed by atoms with Gasteiger partial charge in [0, 0.05) is 30.8 Å². The maximum atomic E-state index is 10.7. The van der Waals surface area contributed by atoms with E-state index in [0.717, 1.165) is 0 Å². The first-order chi connectivity index (χ1) is 7.46. The van der Waals surface area contributed by atoms with Crippen molar-refractivity contribution in [3.05, 3.63) is 28.4 Å². The summed E-state index contributed by atoms with van der Waals surface area (Å²) in [6, 6.07) is 2.90. The van der Waals surface area contributed by atoms with Crippen molar-refractivity contribution in [2.24, 2.45) is 5.41 Å².